The summed E-state index contributed by atoms with van der Waals surface area (Å²) in [5.74, 6) is 0.977. The van der Waals surface area contributed by atoms with Crippen LogP contribution >= 0.6 is 12.6 Å². The number of hydrogen-bond donors (Lipinski definition) is 1. The van der Waals surface area contributed by atoms with Gasteiger partial charge in [-0.3, -0.25) is 0 Å². The van der Waals surface area contributed by atoms with E-state index < -0.39 is 9.28 Å². The van der Waals surface area contributed by atoms with Crippen molar-refractivity contribution in [3.8, 4) is 0 Å². The van der Waals surface area contributed by atoms with Gasteiger partial charge in [-0.2, -0.15) is 12.6 Å². The number of hydrogen-bond acceptors (Lipinski definition) is 3. The Hall–Kier alpha value is 0.487. The van der Waals surface area contributed by atoms with Crippen LogP contribution in [-0.2, 0) is 8.85 Å². The van der Waals surface area contributed by atoms with Crippen LogP contribution in [0.1, 0.15) is 52.4 Å². The van der Waals surface area contributed by atoms with Crippen LogP contribution in [0.15, 0.2) is 0 Å². The molecule has 0 atom stereocenters. The molecule has 0 N–H and O–H groups in total. The molecular formula is C12H28O2SSi. The maximum atomic E-state index is 5.87. The zero-order valence-corrected chi connectivity index (χ0v) is 13.0. The summed E-state index contributed by atoms with van der Waals surface area (Å²) >= 11 is 4.23. The van der Waals surface area contributed by atoms with Gasteiger partial charge in [-0.1, -0.05) is 33.1 Å². The topological polar surface area (TPSA) is 18.5 Å². The second-order valence-electron chi connectivity index (χ2n) is 4.10. The van der Waals surface area contributed by atoms with Crippen LogP contribution in [0.3, 0.4) is 0 Å². The summed E-state index contributed by atoms with van der Waals surface area (Å²) in [5, 5.41) is 0. The van der Waals surface area contributed by atoms with Gasteiger partial charge in [0.25, 0.3) is 0 Å². The minimum atomic E-state index is -1.36. The summed E-state index contributed by atoms with van der Waals surface area (Å²) in [5.41, 5.74) is 0. The molecule has 4 heteroatoms. The Morgan fingerprint density at radius 1 is 0.875 bits per heavy atom. The molecular weight excluding hydrogens is 236 g/mol. The molecule has 0 aromatic heterocycles. The van der Waals surface area contributed by atoms with Gasteiger partial charge in [-0.25, -0.2) is 0 Å². The summed E-state index contributed by atoms with van der Waals surface area (Å²) in [6.07, 6.45) is 7.11. The van der Waals surface area contributed by atoms with Gasteiger partial charge >= 0.3 is 9.28 Å². The summed E-state index contributed by atoms with van der Waals surface area (Å²) in [6.45, 7) is 6.16. The Morgan fingerprint density at radius 2 is 1.44 bits per heavy atom. The van der Waals surface area contributed by atoms with E-state index in [1.165, 1.54) is 25.7 Å². The highest BCUT2D eigenvalue weighted by molar-refractivity contribution is 7.80. The highest BCUT2D eigenvalue weighted by Crippen LogP contribution is 2.07. The van der Waals surface area contributed by atoms with E-state index in [4.69, 9.17) is 8.85 Å². The van der Waals surface area contributed by atoms with Gasteiger partial charge in [0.05, 0.1) is 0 Å². The van der Waals surface area contributed by atoms with Crippen molar-refractivity contribution in [1.82, 2.24) is 0 Å². The van der Waals surface area contributed by atoms with E-state index in [1.807, 2.05) is 0 Å². The molecule has 0 unspecified atom stereocenters. The molecule has 2 nitrogen and oxygen atoms in total. The average Bonchev–Trinajstić information content (AvgIpc) is 2.29. The van der Waals surface area contributed by atoms with Crippen molar-refractivity contribution in [3.05, 3.63) is 0 Å². The summed E-state index contributed by atoms with van der Waals surface area (Å²) in [4.78, 5) is 0. The number of unbranched alkanes of at least 4 members (excludes halogenated alkanes) is 3. The highest BCUT2D eigenvalue weighted by atomic mass is 32.1. The van der Waals surface area contributed by atoms with E-state index in [-0.39, 0.29) is 0 Å². The first-order chi connectivity index (χ1) is 7.85. The lowest BCUT2D eigenvalue weighted by Gasteiger charge is -2.16. The lowest BCUT2D eigenvalue weighted by molar-refractivity contribution is 0.191. The molecule has 0 radical (unpaired) electrons. The van der Waals surface area contributed by atoms with Gasteiger partial charge in [0.1, 0.15) is 0 Å². The second kappa shape index (κ2) is 13.6. The van der Waals surface area contributed by atoms with Crippen LogP contribution in [0.5, 0.6) is 0 Å². The minimum Gasteiger partial charge on any atom is -0.397 e. The molecule has 0 heterocycles. The molecule has 0 aliphatic heterocycles. The summed E-state index contributed by atoms with van der Waals surface area (Å²) in [7, 11) is -1.36. The fraction of sp³-hybridized carbons (Fsp3) is 1.00. The predicted molar refractivity (Wildman–Crippen MR) is 76.8 cm³/mol. The molecule has 0 rings (SSSR count). The van der Waals surface area contributed by atoms with Crippen LogP contribution in [0.4, 0.5) is 0 Å². The van der Waals surface area contributed by atoms with Gasteiger partial charge in [0.2, 0.25) is 0 Å². The van der Waals surface area contributed by atoms with Gasteiger partial charge in [0.15, 0.2) is 0 Å². The van der Waals surface area contributed by atoms with Crippen LogP contribution < -0.4 is 0 Å². The van der Waals surface area contributed by atoms with Gasteiger partial charge < -0.3 is 8.85 Å². The monoisotopic (exact) mass is 264 g/mol. The Bertz CT molecular complexity index is 112. The third-order valence-corrected chi connectivity index (χ3v) is 4.86. The Kier molecular flexibility index (Phi) is 14.0. The van der Waals surface area contributed by atoms with Gasteiger partial charge in [0, 0.05) is 13.2 Å². The van der Waals surface area contributed by atoms with Crippen LogP contribution in [0.2, 0.25) is 6.04 Å². The third-order valence-electron chi connectivity index (χ3n) is 2.45. The second-order valence-corrected chi connectivity index (χ2v) is 6.65. The Morgan fingerprint density at radius 3 is 1.88 bits per heavy atom. The average molecular weight is 265 g/mol. The molecule has 0 aliphatic carbocycles. The van der Waals surface area contributed by atoms with Crippen molar-refractivity contribution in [2.75, 3.05) is 19.0 Å². The van der Waals surface area contributed by atoms with Crippen molar-refractivity contribution < 1.29 is 8.85 Å². The molecule has 0 spiro atoms. The fourth-order valence-electron chi connectivity index (χ4n) is 1.36. The quantitative estimate of drug-likeness (QED) is 0.330. The molecule has 0 saturated heterocycles. The first kappa shape index (κ1) is 16.5. The SMILES string of the molecule is CCCCO[SiH](CCCCS)OCCCC. The van der Waals surface area contributed by atoms with Crippen LogP contribution in [0, 0.1) is 0 Å². The first-order valence-electron chi connectivity index (χ1n) is 6.69. The highest BCUT2D eigenvalue weighted by Gasteiger charge is 2.12. The number of thiol groups is 1. The zero-order chi connectivity index (χ0) is 12.1. The van der Waals surface area contributed by atoms with Crippen LogP contribution in [0.25, 0.3) is 0 Å². The molecule has 0 amide bonds. The number of rotatable bonds is 12. The lowest BCUT2D eigenvalue weighted by atomic mass is 10.4. The van der Waals surface area contributed by atoms with Gasteiger partial charge in [-0.05, 0) is 31.1 Å². The molecule has 0 fully saturated rings. The Balaban J connectivity index is 3.58. The van der Waals surface area contributed by atoms with Crippen molar-refractivity contribution >= 4 is 21.9 Å². The minimum absolute atomic E-state index is 0.889. The maximum Gasteiger partial charge on any atom is 0.321 e. The molecule has 98 valence electrons. The normalized spacial score (nSPS) is 11.2. The summed E-state index contributed by atoms with van der Waals surface area (Å²) < 4.78 is 11.7. The largest absolute Gasteiger partial charge is 0.397 e. The van der Waals surface area contributed by atoms with Gasteiger partial charge in [-0.15, -0.1) is 0 Å². The van der Waals surface area contributed by atoms with E-state index in [9.17, 15) is 0 Å². The van der Waals surface area contributed by atoms with Crippen molar-refractivity contribution in [3.63, 3.8) is 0 Å². The molecule has 0 aliphatic rings. The fourth-order valence-corrected chi connectivity index (χ4v) is 3.49. The molecule has 0 bridgehead atoms. The molecule has 0 saturated carbocycles. The standard InChI is InChI=1S/C12H28O2SSi/c1-3-5-9-13-16(12-8-7-11-15)14-10-6-4-2/h15-16H,3-12H2,1-2H3. The summed E-state index contributed by atoms with van der Waals surface area (Å²) in [6, 6.07) is 1.15. The van der Waals surface area contributed by atoms with Crippen molar-refractivity contribution in [2.45, 2.75) is 58.4 Å². The predicted octanol–water partition coefficient (Wildman–Crippen LogP) is 3.55. The van der Waals surface area contributed by atoms with E-state index in [2.05, 4.69) is 26.5 Å². The van der Waals surface area contributed by atoms with E-state index in [1.54, 1.807) is 0 Å². The van der Waals surface area contributed by atoms with Crippen molar-refractivity contribution in [1.29, 1.82) is 0 Å². The maximum absolute atomic E-state index is 5.87. The first-order valence-corrected chi connectivity index (χ1v) is 9.08. The van der Waals surface area contributed by atoms with E-state index in [0.29, 0.717) is 0 Å². The van der Waals surface area contributed by atoms with E-state index in [0.717, 1.165) is 37.9 Å². The molecule has 16 heavy (non-hydrogen) atoms. The smallest absolute Gasteiger partial charge is 0.321 e. The third kappa shape index (κ3) is 11.0. The molecule has 0 aromatic rings. The zero-order valence-electron chi connectivity index (χ0n) is 10.9. The van der Waals surface area contributed by atoms with Crippen molar-refractivity contribution in [2.24, 2.45) is 0 Å². The molecule has 0 aromatic carbocycles. The van der Waals surface area contributed by atoms with E-state index >= 15 is 0 Å². The Labute approximate surface area is 108 Å². The van der Waals surface area contributed by atoms with Crippen LogP contribution in [-0.4, -0.2) is 28.3 Å². The lowest BCUT2D eigenvalue weighted by Crippen LogP contribution is -2.24.